The van der Waals surface area contributed by atoms with Gasteiger partial charge < -0.3 is 16.2 Å². The number of nitrogens with two attached hydrogens (primary N) is 1. The molecule has 0 unspecified atom stereocenters. The van der Waals surface area contributed by atoms with Gasteiger partial charge in [-0.25, -0.2) is 14.8 Å². The number of carbonyl (C=O) groups excluding carboxylic acids is 1. The second-order valence-corrected chi connectivity index (χ2v) is 7.19. The summed E-state index contributed by atoms with van der Waals surface area (Å²) in [5, 5.41) is 16.0. The Morgan fingerprint density at radius 3 is 2.26 bits per heavy atom. The molecule has 2 rings (SSSR count). The largest absolute Gasteiger partial charge is 0.476 e. The van der Waals surface area contributed by atoms with Crippen LogP contribution in [0, 0.1) is 5.92 Å². The van der Waals surface area contributed by atoms with Gasteiger partial charge in [0.2, 0.25) is 0 Å². The van der Waals surface area contributed by atoms with Crippen molar-refractivity contribution in [1.29, 1.82) is 0 Å². The Morgan fingerprint density at radius 1 is 1.13 bits per heavy atom. The van der Waals surface area contributed by atoms with Crippen LogP contribution in [0.25, 0.3) is 0 Å². The number of rotatable bonds is 6. The number of carbonyl (C=O) groups is 2. The van der Waals surface area contributed by atoms with Gasteiger partial charge in [-0.15, -0.1) is 22.7 Å². The van der Waals surface area contributed by atoms with Gasteiger partial charge in [-0.05, 0) is 12.8 Å². The van der Waals surface area contributed by atoms with Crippen LogP contribution in [0.3, 0.4) is 0 Å². The molecular weight excluding hydrogens is 336 g/mol. The zero-order chi connectivity index (χ0) is 17.1. The summed E-state index contributed by atoms with van der Waals surface area (Å²) in [5.74, 6) is -1.18. The summed E-state index contributed by atoms with van der Waals surface area (Å²) < 4.78 is 0. The van der Waals surface area contributed by atoms with Crippen molar-refractivity contribution < 1.29 is 14.7 Å². The van der Waals surface area contributed by atoms with Gasteiger partial charge in [0.25, 0.3) is 5.91 Å². The van der Waals surface area contributed by atoms with E-state index in [4.69, 9.17) is 10.8 Å². The fourth-order valence-corrected chi connectivity index (χ4v) is 3.52. The van der Waals surface area contributed by atoms with Crippen LogP contribution in [0.5, 0.6) is 0 Å². The van der Waals surface area contributed by atoms with Gasteiger partial charge in [-0.2, -0.15) is 0 Å². The van der Waals surface area contributed by atoms with E-state index in [0.717, 1.165) is 5.01 Å². The highest BCUT2D eigenvalue weighted by atomic mass is 32.1. The van der Waals surface area contributed by atoms with Crippen molar-refractivity contribution in [2.75, 3.05) is 0 Å². The highest BCUT2D eigenvalue weighted by Crippen LogP contribution is 2.23. The third-order valence-corrected chi connectivity index (χ3v) is 5.19. The van der Waals surface area contributed by atoms with E-state index in [1.54, 1.807) is 12.3 Å². The maximum Gasteiger partial charge on any atom is 0.355 e. The van der Waals surface area contributed by atoms with Crippen molar-refractivity contribution in [3.05, 3.63) is 32.2 Å². The molecule has 2 aromatic heterocycles. The average molecular weight is 354 g/mol. The molecule has 23 heavy (non-hydrogen) atoms. The molecule has 0 aromatic carbocycles. The minimum Gasteiger partial charge on any atom is -0.476 e. The van der Waals surface area contributed by atoms with Crippen LogP contribution in [-0.2, 0) is 0 Å². The second kappa shape index (κ2) is 7.16. The normalized spacial score (nSPS) is 13.8. The standard InChI is InChI=1S/C14H18N4O3S2/c1-6(2)10(15)13-17-8(4-23-13)11(19)16-7(3)12-18-9(5-22-12)14(20)21/h4-7,10H,15H2,1-3H3,(H,16,19)(H,20,21)/t7-,10-/m0/s1. The van der Waals surface area contributed by atoms with Crippen LogP contribution in [0.4, 0.5) is 0 Å². The number of carboxylic acid groups (broad SMARTS) is 1. The van der Waals surface area contributed by atoms with Gasteiger partial charge in [0.15, 0.2) is 5.69 Å². The molecule has 2 heterocycles. The summed E-state index contributed by atoms with van der Waals surface area (Å²) in [4.78, 5) is 31.3. The second-order valence-electron chi connectivity index (χ2n) is 5.41. The molecule has 0 aliphatic carbocycles. The Morgan fingerprint density at radius 2 is 1.70 bits per heavy atom. The molecule has 0 saturated carbocycles. The lowest BCUT2D eigenvalue weighted by Gasteiger charge is -2.12. The first-order chi connectivity index (χ1) is 10.8. The van der Waals surface area contributed by atoms with Crippen molar-refractivity contribution in [2.24, 2.45) is 11.7 Å². The molecule has 2 aromatic rings. The highest BCUT2D eigenvalue weighted by molar-refractivity contribution is 7.10. The van der Waals surface area contributed by atoms with Gasteiger partial charge >= 0.3 is 5.97 Å². The quantitative estimate of drug-likeness (QED) is 0.733. The zero-order valence-electron chi connectivity index (χ0n) is 12.9. The average Bonchev–Trinajstić information content (AvgIpc) is 3.15. The maximum absolute atomic E-state index is 12.2. The van der Waals surface area contributed by atoms with Crippen molar-refractivity contribution in [3.63, 3.8) is 0 Å². The summed E-state index contributed by atoms with van der Waals surface area (Å²) in [6.45, 7) is 5.74. The molecule has 124 valence electrons. The fraction of sp³-hybridized carbons (Fsp3) is 0.429. The Bertz CT molecular complexity index is 710. The van der Waals surface area contributed by atoms with Crippen molar-refractivity contribution in [3.8, 4) is 0 Å². The lowest BCUT2D eigenvalue weighted by atomic mass is 10.1. The Hall–Kier alpha value is -1.84. The number of nitrogens with zero attached hydrogens (tertiary/aromatic N) is 2. The SMILES string of the molecule is CC(C)[C@H](N)c1nc(C(=O)N[C@@H](C)c2nc(C(=O)O)cs2)cs1. The molecule has 0 fully saturated rings. The smallest absolute Gasteiger partial charge is 0.355 e. The number of aromatic nitrogens is 2. The van der Waals surface area contributed by atoms with Crippen LogP contribution in [-0.4, -0.2) is 27.0 Å². The van der Waals surface area contributed by atoms with Crippen LogP contribution >= 0.6 is 22.7 Å². The van der Waals surface area contributed by atoms with E-state index in [1.807, 2.05) is 13.8 Å². The van der Waals surface area contributed by atoms with Gasteiger partial charge in [-0.1, -0.05) is 13.8 Å². The number of carboxylic acids is 1. The number of nitrogens with one attached hydrogen (secondary N) is 1. The number of amides is 1. The lowest BCUT2D eigenvalue weighted by Crippen LogP contribution is -2.27. The van der Waals surface area contributed by atoms with E-state index in [0.29, 0.717) is 10.7 Å². The molecule has 2 atom stereocenters. The van der Waals surface area contributed by atoms with Crippen molar-refractivity contribution in [2.45, 2.75) is 32.9 Å². The lowest BCUT2D eigenvalue weighted by molar-refractivity contribution is 0.0691. The van der Waals surface area contributed by atoms with Crippen molar-refractivity contribution in [1.82, 2.24) is 15.3 Å². The summed E-state index contributed by atoms with van der Waals surface area (Å²) >= 11 is 2.55. The molecule has 0 bridgehead atoms. The van der Waals surface area contributed by atoms with Gasteiger partial charge in [-0.3, -0.25) is 4.79 Å². The number of thiazole rings is 2. The summed E-state index contributed by atoms with van der Waals surface area (Å²) in [7, 11) is 0. The van der Waals surface area contributed by atoms with E-state index in [2.05, 4.69) is 15.3 Å². The van der Waals surface area contributed by atoms with Gasteiger partial charge in [0.05, 0.1) is 12.1 Å². The number of hydrogen-bond donors (Lipinski definition) is 3. The van der Waals surface area contributed by atoms with E-state index >= 15 is 0 Å². The van der Waals surface area contributed by atoms with E-state index in [1.165, 1.54) is 28.1 Å². The predicted octanol–water partition coefficient (Wildman–Crippen LogP) is 2.44. The van der Waals surface area contributed by atoms with Crippen LogP contribution < -0.4 is 11.1 Å². The van der Waals surface area contributed by atoms with E-state index in [-0.39, 0.29) is 23.6 Å². The summed E-state index contributed by atoms with van der Waals surface area (Å²) in [6, 6.07) is -0.597. The molecule has 0 radical (unpaired) electrons. The minimum atomic E-state index is -1.09. The molecule has 0 saturated heterocycles. The topological polar surface area (TPSA) is 118 Å². The first kappa shape index (κ1) is 17.5. The molecular formula is C14H18N4O3S2. The fourth-order valence-electron chi connectivity index (χ4n) is 1.75. The van der Waals surface area contributed by atoms with Gasteiger partial charge in [0.1, 0.15) is 15.7 Å². The third-order valence-electron chi connectivity index (χ3n) is 3.22. The molecule has 0 spiro atoms. The third kappa shape index (κ3) is 4.12. The molecule has 9 heteroatoms. The van der Waals surface area contributed by atoms with Gasteiger partial charge in [0, 0.05) is 10.8 Å². The molecule has 1 amide bonds. The molecule has 4 N–H and O–H groups in total. The van der Waals surface area contributed by atoms with Crippen molar-refractivity contribution >= 4 is 34.6 Å². The Balaban J connectivity index is 2.04. The molecule has 0 aliphatic rings. The number of aromatic carboxylic acids is 1. The first-order valence-electron chi connectivity index (χ1n) is 7.00. The minimum absolute atomic E-state index is 0.0232. The maximum atomic E-state index is 12.2. The Labute approximate surface area is 141 Å². The number of hydrogen-bond acceptors (Lipinski definition) is 7. The monoisotopic (exact) mass is 354 g/mol. The molecule has 0 aliphatic heterocycles. The van der Waals surface area contributed by atoms with Crippen LogP contribution in [0.15, 0.2) is 10.8 Å². The zero-order valence-corrected chi connectivity index (χ0v) is 14.6. The van der Waals surface area contributed by atoms with E-state index in [9.17, 15) is 9.59 Å². The van der Waals surface area contributed by atoms with E-state index < -0.39 is 12.0 Å². The van der Waals surface area contributed by atoms with Crippen LogP contribution in [0.2, 0.25) is 0 Å². The van der Waals surface area contributed by atoms with Crippen LogP contribution in [0.1, 0.15) is 63.8 Å². The summed E-state index contributed by atoms with van der Waals surface area (Å²) in [6.07, 6.45) is 0. The summed E-state index contributed by atoms with van der Waals surface area (Å²) in [5.41, 5.74) is 6.31. The molecule has 7 nitrogen and oxygen atoms in total. The highest BCUT2D eigenvalue weighted by Gasteiger charge is 2.20. The Kier molecular flexibility index (Phi) is 5.45. The predicted molar refractivity (Wildman–Crippen MR) is 88.8 cm³/mol. The first-order valence-corrected chi connectivity index (χ1v) is 8.76.